The number of aryl methyl sites for hydroxylation is 1. The van der Waals surface area contributed by atoms with Crippen LogP contribution in [0.5, 0.6) is 11.6 Å². The van der Waals surface area contributed by atoms with Crippen LogP contribution in [0.3, 0.4) is 0 Å². The Balaban J connectivity index is 2.16. The lowest BCUT2D eigenvalue weighted by atomic mass is 10.0. The first-order chi connectivity index (χ1) is 9.72. The number of methoxy groups -OCH3 is 1. The van der Waals surface area contributed by atoms with Gasteiger partial charge < -0.3 is 15.2 Å². The van der Waals surface area contributed by atoms with Crippen molar-refractivity contribution < 1.29 is 9.47 Å². The predicted octanol–water partition coefficient (Wildman–Crippen LogP) is 1.72. The van der Waals surface area contributed by atoms with Crippen LogP contribution in [-0.4, -0.2) is 29.7 Å². The van der Waals surface area contributed by atoms with Crippen LogP contribution in [0.25, 0.3) is 11.3 Å². The van der Waals surface area contributed by atoms with E-state index in [2.05, 4.69) is 23.0 Å². The van der Waals surface area contributed by atoms with Gasteiger partial charge in [0.05, 0.1) is 7.11 Å². The first kappa shape index (κ1) is 12.9. The van der Waals surface area contributed by atoms with Crippen LogP contribution in [0.15, 0.2) is 24.5 Å². The molecule has 1 unspecified atom stereocenters. The van der Waals surface area contributed by atoms with E-state index in [1.807, 2.05) is 6.07 Å². The second-order valence-electron chi connectivity index (χ2n) is 4.89. The molecule has 1 aliphatic rings. The number of hydrogen-bond acceptors (Lipinski definition) is 5. The zero-order valence-corrected chi connectivity index (χ0v) is 11.6. The van der Waals surface area contributed by atoms with Gasteiger partial charge >= 0.3 is 0 Å². The molecule has 1 atom stereocenters. The predicted molar refractivity (Wildman–Crippen MR) is 75.9 cm³/mol. The Bertz CT molecular complexity index is 643. The van der Waals surface area contributed by atoms with E-state index in [4.69, 9.17) is 15.2 Å². The van der Waals surface area contributed by atoms with Crippen LogP contribution in [-0.2, 0) is 6.42 Å². The first-order valence-electron chi connectivity index (χ1n) is 6.58. The van der Waals surface area contributed by atoms with E-state index in [-0.39, 0.29) is 6.10 Å². The average Bonchev–Trinajstić information content (AvgIpc) is 2.89. The lowest BCUT2D eigenvalue weighted by molar-refractivity contribution is 0.242. The largest absolute Gasteiger partial charge is 0.488 e. The molecule has 3 rings (SSSR count). The van der Waals surface area contributed by atoms with Crippen molar-refractivity contribution in [2.45, 2.75) is 19.4 Å². The number of hydrogen-bond donors (Lipinski definition) is 1. The van der Waals surface area contributed by atoms with E-state index < -0.39 is 0 Å². The maximum Gasteiger partial charge on any atom is 0.240 e. The molecule has 1 aromatic heterocycles. The summed E-state index contributed by atoms with van der Waals surface area (Å²) in [4.78, 5) is 8.59. The molecule has 1 aliphatic heterocycles. The molecule has 2 heterocycles. The summed E-state index contributed by atoms with van der Waals surface area (Å²) in [7, 11) is 1.59. The fourth-order valence-electron chi connectivity index (χ4n) is 2.56. The van der Waals surface area contributed by atoms with Crippen LogP contribution in [0, 0.1) is 6.92 Å². The van der Waals surface area contributed by atoms with Gasteiger partial charge in [-0.1, -0.05) is 6.07 Å². The molecule has 0 bridgehead atoms. The Hall–Kier alpha value is -2.14. The maximum atomic E-state index is 5.95. The summed E-state index contributed by atoms with van der Waals surface area (Å²) in [6.07, 6.45) is 4.14. The van der Waals surface area contributed by atoms with Gasteiger partial charge in [0.2, 0.25) is 5.88 Å². The second-order valence-corrected chi connectivity index (χ2v) is 4.89. The summed E-state index contributed by atoms with van der Waals surface area (Å²) in [6, 6.07) is 4.18. The zero-order chi connectivity index (χ0) is 14.1. The van der Waals surface area contributed by atoms with Crippen molar-refractivity contribution >= 4 is 0 Å². The van der Waals surface area contributed by atoms with E-state index >= 15 is 0 Å². The molecule has 0 spiro atoms. The number of benzene rings is 1. The molecule has 2 N–H and O–H groups in total. The van der Waals surface area contributed by atoms with Crippen LogP contribution in [0.1, 0.15) is 11.1 Å². The van der Waals surface area contributed by atoms with Crippen LogP contribution in [0.2, 0.25) is 0 Å². The number of fused-ring (bicyclic) bond motifs is 1. The number of nitrogens with two attached hydrogens (primary N) is 1. The molecule has 0 amide bonds. The highest BCUT2D eigenvalue weighted by Crippen LogP contribution is 2.41. The van der Waals surface area contributed by atoms with Crippen molar-refractivity contribution in [1.82, 2.24) is 9.97 Å². The van der Waals surface area contributed by atoms with Gasteiger partial charge in [-0.25, -0.2) is 9.97 Å². The molecule has 5 nitrogen and oxygen atoms in total. The van der Waals surface area contributed by atoms with Crippen molar-refractivity contribution in [3.63, 3.8) is 0 Å². The Morgan fingerprint density at radius 2 is 2.15 bits per heavy atom. The van der Waals surface area contributed by atoms with Crippen molar-refractivity contribution in [1.29, 1.82) is 0 Å². The van der Waals surface area contributed by atoms with Crippen LogP contribution in [0.4, 0.5) is 0 Å². The average molecular weight is 271 g/mol. The SMILES string of the molecule is COc1nccnc1-c1cc(C)cc2c1OC(CN)C2. The Morgan fingerprint density at radius 1 is 1.35 bits per heavy atom. The van der Waals surface area contributed by atoms with Crippen molar-refractivity contribution in [3.8, 4) is 22.9 Å². The van der Waals surface area contributed by atoms with Gasteiger partial charge in [0.25, 0.3) is 0 Å². The van der Waals surface area contributed by atoms with Crippen molar-refractivity contribution in [2.24, 2.45) is 5.73 Å². The number of rotatable bonds is 3. The number of ether oxygens (including phenoxy) is 2. The van der Waals surface area contributed by atoms with E-state index in [1.54, 1.807) is 19.5 Å². The fraction of sp³-hybridized carbons (Fsp3) is 0.333. The zero-order valence-electron chi connectivity index (χ0n) is 11.6. The van der Waals surface area contributed by atoms with Crippen molar-refractivity contribution in [3.05, 3.63) is 35.7 Å². The summed E-state index contributed by atoms with van der Waals surface area (Å²) in [5, 5.41) is 0. The third-order valence-electron chi connectivity index (χ3n) is 3.42. The molecule has 20 heavy (non-hydrogen) atoms. The standard InChI is InChI=1S/C15H17N3O2/c1-9-5-10-7-11(8-16)20-14(10)12(6-9)13-15(19-2)18-4-3-17-13/h3-6,11H,7-8,16H2,1-2H3. The van der Waals surface area contributed by atoms with Gasteiger partial charge in [0, 0.05) is 30.9 Å². The third kappa shape index (κ3) is 2.10. The normalized spacial score (nSPS) is 16.6. The monoisotopic (exact) mass is 271 g/mol. The summed E-state index contributed by atoms with van der Waals surface area (Å²) in [5.74, 6) is 1.35. The summed E-state index contributed by atoms with van der Waals surface area (Å²) >= 11 is 0. The molecule has 0 fully saturated rings. The fourth-order valence-corrected chi connectivity index (χ4v) is 2.56. The second kappa shape index (κ2) is 5.09. The van der Waals surface area contributed by atoms with Crippen molar-refractivity contribution in [2.75, 3.05) is 13.7 Å². The van der Waals surface area contributed by atoms with Crippen LogP contribution < -0.4 is 15.2 Å². The molecule has 0 saturated carbocycles. The molecule has 5 heteroatoms. The van der Waals surface area contributed by atoms with E-state index in [0.717, 1.165) is 23.3 Å². The van der Waals surface area contributed by atoms with Gasteiger partial charge in [0.1, 0.15) is 17.5 Å². The van der Waals surface area contributed by atoms with Gasteiger partial charge in [-0.05, 0) is 24.1 Å². The molecular formula is C15H17N3O2. The molecule has 0 radical (unpaired) electrons. The van der Waals surface area contributed by atoms with Gasteiger partial charge in [0.15, 0.2) is 0 Å². The lowest BCUT2D eigenvalue weighted by Crippen LogP contribution is -2.24. The number of nitrogens with zero attached hydrogens (tertiary/aromatic N) is 2. The van der Waals surface area contributed by atoms with E-state index in [1.165, 1.54) is 5.56 Å². The molecule has 1 aromatic carbocycles. The van der Waals surface area contributed by atoms with E-state index in [0.29, 0.717) is 18.1 Å². The molecule has 104 valence electrons. The molecule has 0 saturated heterocycles. The van der Waals surface area contributed by atoms with Gasteiger partial charge in [-0.15, -0.1) is 0 Å². The Kier molecular flexibility index (Phi) is 3.28. The van der Waals surface area contributed by atoms with Crippen LogP contribution >= 0.6 is 0 Å². The molecule has 2 aromatic rings. The topological polar surface area (TPSA) is 70.3 Å². The summed E-state index contributed by atoms with van der Waals surface area (Å²) in [6.45, 7) is 2.56. The smallest absolute Gasteiger partial charge is 0.240 e. The minimum atomic E-state index is 0.0354. The molecule has 0 aliphatic carbocycles. The quantitative estimate of drug-likeness (QED) is 0.920. The minimum absolute atomic E-state index is 0.0354. The lowest BCUT2D eigenvalue weighted by Gasteiger charge is -2.12. The Morgan fingerprint density at radius 3 is 2.90 bits per heavy atom. The minimum Gasteiger partial charge on any atom is -0.488 e. The first-order valence-corrected chi connectivity index (χ1v) is 6.58. The highest BCUT2D eigenvalue weighted by Gasteiger charge is 2.27. The highest BCUT2D eigenvalue weighted by atomic mass is 16.5. The molecular weight excluding hydrogens is 254 g/mol. The third-order valence-corrected chi connectivity index (χ3v) is 3.42. The maximum absolute atomic E-state index is 5.95. The van der Waals surface area contributed by atoms with Gasteiger partial charge in [-0.3, -0.25) is 0 Å². The van der Waals surface area contributed by atoms with Gasteiger partial charge in [-0.2, -0.15) is 0 Å². The highest BCUT2D eigenvalue weighted by molar-refractivity contribution is 5.74. The summed E-state index contributed by atoms with van der Waals surface area (Å²) < 4.78 is 11.2. The summed E-state index contributed by atoms with van der Waals surface area (Å²) in [5.41, 5.74) is 9.67. The Labute approximate surface area is 117 Å². The van der Waals surface area contributed by atoms with E-state index in [9.17, 15) is 0 Å². The number of aromatic nitrogens is 2.